The summed E-state index contributed by atoms with van der Waals surface area (Å²) in [6, 6.07) is 6.85. The summed E-state index contributed by atoms with van der Waals surface area (Å²) in [4.78, 5) is 0. The van der Waals surface area contributed by atoms with E-state index in [-0.39, 0.29) is 18.7 Å². The zero-order valence-electron chi connectivity index (χ0n) is 8.97. The predicted octanol–water partition coefficient (Wildman–Crippen LogP) is 3.62. The predicted molar refractivity (Wildman–Crippen MR) is 63.4 cm³/mol. The Morgan fingerprint density at radius 2 is 2.19 bits per heavy atom. The summed E-state index contributed by atoms with van der Waals surface area (Å²) in [7, 11) is 0. The average molecular weight is 242 g/mol. The van der Waals surface area contributed by atoms with Crippen LogP contribution in [0.2, 0.25) is 5.02 Å². The van der Waals surface area contributed by atoms with Gasteiger partial charge in [-0.25, -0.2) is 4.39 Å². The summed E-state index contributed by atoms with van der Waals surface area (Å²) in [5, 5.41) is 1.40. The second kappa shape index (κ2) is 4.07. The Morgan fingerprint density at radius 3 is 2.81 bits per heavy atom. The van der Waals surface area contributed by atoms with Gasteiger partial charge in [-0.3, -0.25) is 0 Å². The van der Waals surface area contributed by atoms with Crippen LogP contribution in [0.25, 0.3) is 11.0 Å². The van der Waals surface area contributed by atoms with Crippen molar-refractivity contribution in [3.8, 4) is 0 Å². The first-order valence-electron chi connectivity index (χ1n) is 5.17. The van der Waals surface area contributed by atoms with Crippen LogP contribution >= 0.6 is 11.6 Å². The molecule has 1 aromatic carbocycles. The van der Waals surface area contributed by atoms with Crippen LogP contribution in [-0.2, 0) is 5.67 Å². The van der Waals surface area contributed by atoms with Crippen molar-refractivity contribution in [3.05, 3.63) is 35.0 Å². The van der Waals surface area contributed by atoms with Crippen LogP contribution in [0.5, 0.6) is 0 Å². The van der Waals surface area contributed by atoms with Crippen molar-refractivity contribution in [2.24, 2.45) is 5.73 Å². The van der Waals surface area contributed by atoms with E-state index in [2.05, 4.69) is 0 Å². The van der Waals surface area contributed by atoms with E-state index in [4.69, 9.17) is 21.8 Å². The molecule has 86 valence electrons. The summed E-state index contributed by atoms with van der Waals surface area (Å²) in [6.07, 6.45) is 0.289. The molecule has 0 aliphatic rings. The molecule has 0 saturated carbocycles. The lowest BCUT2D eigenvalue weighted by Gasteiger charge is -2.18. The van der Waals surface area contributed by atoms with Gasteiger partial charge in [0.25, 0.3) is 0 Å². The fourth-order valence-corrected chi connectivity index (χ4v) is 1.83. The van der Waals surface area contributed by atoms with Gasteiger partial charge < -0.3 is 10.2 Å². The molecule has 1 aromatic heterocycles. The maximum atomic E-state index is 14.3. The van der Waals surface area contributed by atoms with Crippen molar-refractivity contribution in [2.75, 3.05) is 6.54 Å². The number of alkyl halides is 1. The number of nitrogens with two attached hydrogens (primary N) is 1. The molecule has 2 N–H and O–H groups in total. The molecule has 0 radical (unpaired) electrons. The van der Waals surface area contributed by atoms with E-state index in [0.29, 0.717) is 10.6 Å². The van der Waals surface area contributed by atoms with Crippen molar-refractivity contribution in [2.45, 2.75) is 19.0 Å². The van der Waals surface area contributed by atoms with Gasteiger partial charge in [0.15, 0.2) is 5.67 Å². The summed E-state index contributed by atoms with van der Waals surface area (Å²) in [6.45, 7) is 1.66. The van der Waals surface area contributed by atoms with Gasteiger partial charge in [-0.05, 0) is 30.7 Å². The zero-order chi connectivity index (χ0) is 11.8. The molecule has 0 amide bonds. The number of fused-ring (bicyclic) bond motifs is 1. The Hall–Kier alpha value is -1.06. The first kappa shape index (κ1) is 11.4. The number of rotatable bonds is 3. The van der Waals surface area contributed by atoms with E-state index in [1.807, 2.05) is 0 Å². The first-order chi connectivity index (χ1) is 7.59. The van der Waals surface area contributed by atoms with Gasteiger partial charge in [0.1, 0.15) is 11.3 Å². The monoisotopic (exact) mass is 241 g/mol. The minimum Gasteiger partial charge on any atom is -0.458 e. The second-order valence-electron chi connectivity index (χ2n) is 3.82. The van der Waals surface area contributed by atoms with Crippen LogP contribution in [-0.4, -0.2) is 6.54 Å². The second-order valence-corrected chi connectivity index (χ2v) is 4.25. The number of benzene rings is 1. The standard InChI is InChI=1S/C12H13ClFNO/c1-2-12(14,7-15)11-6-8-5-9(13)3-4-10(8)16-11/h3-6H,2,7,15H2,1H3. The molecule has 0 spiro atoms. The maximum Gasteiger partial charge on any atom is 0.180 e. The molecule has 1 atom stereocenters. The lowest BCUT2D eigenvalue weighted by molar-refractivity contribution is 0.136. The van der Waals surface area contributed by atoms with Gasteiger partial charge in [0, 0.05) is 17.0 Å². The quantitative estimate of drug-likeness (QED) is 0.892. The van der Waals surface area contributed by atoms with Crippen LogP contribution in [0.15, 0.2) is 28.7 Å². The van der Waals surface area contributed by atoms with E-state index in [9.17, 15) is 4.39 Å². The van der Waals surface area contributed by atoms with Crippen LogP contribution < -0.4 is 5.73 Å². The smallest absolute Gasteiger partial charge is 0.180 e. The summed E-state index contributed by atoms with van der Waals surface area (Å²) in [5.74, 6) is 0.273. The van der Waals surface area contributed by atoms with Gasteiger partial charge in [-0.1, -0.05) is 18.5 Å². The van der Waals surface area contributed by atoms with Gasteiger partial charge in [0.05, 0.1) is 0 Å². The highest BCUT2D eigenvalue weighted by atomic mass is 35.5. The minimum atomic E-state index is -1.59. The molecule has 0 saturated heterocycles. The molecule has 1 unspecified atom stereocenters. The van der Waals surface area contributed by atoms with Gasteiger partial charge in [-0.15, -0.1) is 0 Å². The molecule has 2 aromatic rings. The van der Waals surface area contributed by atoms with E-state index in [1.54, 1.807) is 31.2 Å². The van der Waals surface area contributed by atoms with Crippen molar-refractivity contribution >= 4 is 22.6 Å². The number of hydrogen-bond acceptors (Lipinski definition) is 2. The Bertz CT molecular complexity index is 505. The molecule has 0 aliphatic heterocycles. The molecule has 0 fully saturated rings. The lowest BCUT2D eigenvalue weighted by Crippen LogP contribution is -2.28. The molecule has 0 aliphatic carbocycles. The van der Waals surface area contributed by atoms with Crippen LogP contribution in [0.3, 0.4) is 0 Å². The molecule has 2 nitrogen and oxygen atoms in total. The molecule has 4 heteroatoms. The van der Waals surface area contributed by atoms with Crippen molar-refractivity contribution < 1.29 is 8.81 Å². The van der Waals surface area contributed by atoms with Gasteiger partial charge in [0.2, 0.25) is 0 Å². The lowest BCUT2D eigenvalue weighted by atomic mass is 10.00. The summed E-state index contributed by atoms with van der Waals surface area (Å²) < 4.78 is 19.7. The highest BCUT2D eigenvalue weighted by molar-refractivity contribution is 6.31. The largest absolute Gasteiger partial charge is 0.458 e. The summed E-state index contributed by atoms with van der Waals surface area (Å²) in [5.41, 5.74) is 4.48. The molecule has 1 heterocycles. The van der Waals surface area contributed by atoms with Crippen LogP contribution in [0.1, 0.15) is 19.1 Å². The third-order valence-corrected chi connectivity index (χ3v) is 3.04. The van der Waals surface area contributed by atoms with Crippen molar-refractivity contribution in [1.82, 2.24) is 0 Å². The van der Waals surface area contributed by atoms with Crippen molar-refractivity contribution in [3.63, 3.8) is 0 Å². The molecule has 16 heavy (non-hydrogen) atoms. The molecular weight excluding hydrogens is 229 g/mol. The third-order valence-electron chi connectivity index (χ3n) is 2.80. The fraction of sp³-hybridized carbons (Fsp3) is 0.333. The Balaban J connectivity index is 2.54. The normalized spacial score (nSPS) is 15.2. The van der Waals surface area contributed by atoms with Gasteiger partial charge >= 0.3 is 0 Å². The van der Waals surface area contributed by atoms with Crippen LogP contribution in [0.4, 0.5) is 4.39 Å². The van der Waals surface area contributed by atoms with Gasteiger partial charge in [-0.2, -0.15) is 0 Å². The van der Waals surface area contributed by atoms with Crippen molar-refractivity contribution in [1.29, 1.82) is 0 Å². The molecular formula is C12H13ClFNO. The number of hydrogen-bond donors (Lipinski definition) is 1. The van der Waals surface area contributed by atoms with E-state index >= 15 is 0 Å². The van der Waals surface area contributed by atoms with E-state index in [0.717, 1.165) is 5.39 Å². The van der Waals surface area contributed by atoms with E-state index in [1.165, 1.54) is 0 Å². The Labute approximate surface area is 98.2 Å². The minimum absolute atomic E-state index is 0.0863. The Morgan fingerprint density at radius 1 is 1.44 bits per heavy atom. The SMILES string of the molecule is CCC(F)(CN)c1cc2cc(Cl)ccc2o1. The highest BCUT2D eigenvalue weighted by Crippen LogP contribution is 2.33. The van der Waals surface area contributed by atoms with Crippen LogP contribution in [0, 0.1) is 0 Å². The number of halogens is 2. The maximum absolute atomic E-state index is 14.3. The fourth-order valence-electron chi connectivity index (χ4n) is 1.65. The average Bonchev–Trinajstić information content (AvgIpc) is 2.71. The zero-order valence-corrected chi connectivity index (χ0v) is 9.72. The number of furan rings is 1. The third kappa shape index (κ3) is 1.81. The molecule has 2 rings (SSSR count). The first-order valence-corrected chi connectivity index (χ1v) is 5.55. The van der Waals surface area contributed by atoms with E-state index < -0.39 is 5.67 Å². The highest BCUT2D eigenvalue weighted by Gasteiger charge is 2.32. The topological polar surface area (TPSA) is 39.2 Å². The summed E-state index contributed by atoms with van der Waals surface area (Å²) >= 11 is 5.85. The Kier molecular flexibility index (Phi) is 2.91. The molecule has 0 bridgehead atoms.